The number of nitrogens with zero attached hydrogens (tertiary/aromatic N) is 1. The first kappa shape index (κ1) is 14.5. The molecule has 2 fully saturated rings. The van der Waals surface area contributed by atoms with E-state index >= 15 is 0 Å². The summed E-state index contributed by atoms with van der Waals surface area (Å²) >= 11 is 0. The van der Waals surface area contributed by atoms with Crippen molar-refractivity contribution in [1.82, 2.24) is 4.90 Å². The number of anilines is 1. The molecule has 0 spiro atoms. The lowest BCUT2D eigenvalue weighted by atomic mass is 9.93. The summed E-state index contributed by atoms with van der Waals surface area (Å²) in [4.78, 5) is 24.7. The molecule has 1 aromatic carbocycles. The lowest BCUT2D eigenvalue weighted by Gasteiger charge is -2.19. The molecular weight excluding hydrogens is 288 g/mol. The van der Waals surface area contributed by atoms with Crippen LogP contribution < -0.4 is 5.32 Å². The van der Waals surface area contributed by atoms with Gasteiger partial charge in [0, 0.05) is 25.1 Å². The molecule has 3 atom stereocenters. The highest BCUT2D eigenvalue weighted by Crippen LogP contribution is 2.43. The number of likely N-dealkylation sites (tertiary alicyclic amines) is 1. The van der Waals surface area contributed by atoms with Gasteiger partial charge in [-0.25, -0.2) is 0 Å². The van der Waals surface area contributed by atoms with Gasteiger partial charge in [-0.15, -0.1) is 0 Å². The molecular formula is C19H22N2O2. The van der Waals surface area contributed by atoms with Gasteiger partial charge in [-0.05, 0) is 48.3 Å². The molecule has 0 unspecified atom stereocenters. The highest BCUT2D eigenvalue weighted by molar-refractivity contribution is 6.01. The van der Waals surface area contributed by atoms with Gasteiger partial charge in [0.05, 0.1) is 6.54 Å². The van der Waals surface area contributed by atoms with Crippen LogP contribution in [0.4, 0.5) is 5.69 Å². The number of hydrogen-bond donors (Lipinski definition) is 1. The van der Waals surface area contributed by atoms with Crippen LogP contribution in [0.15, 0.2) is 36.4 Å². The predicted molar refractivity (Wildman–Crippen MR) is 88.6 cm³/mol. The van der Waals surface area contributed by atoms with Crippen molar-refractivity contribution in [3.8, 4) is 0 Å². The van der Waals surface area contributed by atoms with E-state index in [1.165, 1.54) is 17.7 Å². The highest BCUT2D eigenvalue weighted by atomic mass is 16.2. The highest BCUT2D eigenvalue weighted by Gasteiger charge is 2.35. The van der Waals surface area contributed by atoms with Gasteiger partial charge >= 0.3 is 0 Å². The van der Waals surface area contributed by atoms with Gasteiger partial charge in [0.25, 0.3) is 0 Å². The molecule has 3 aliphatic rings. The van der Waals surface area contributed by atoms with Crippen molar-refractivity contribution >= 4 is 17.5 Å². The van der Waals surface area contributed by atoms with E-state index < -0.39 is 0 Å². The number of benzene rings is 1. The summed E-state index contributed by atoms with van der Waals surface area (Å²) in [5.41, 5.74) is 2.11. The molecule has 1 saturated carbocycles. The van der Waals surface area contributed by atoms with Crippen LogP contribution in [0.1, 0.15) is 31.2 Å². The summed E-state index contributed by atoms with van der Waals surface area (Å²) in [6, 6.07) is 8.09. The van der Waals surface area contributed by atoms with Gasteiger partial charge in [-0.1, -0.05) is 24.3 Å². The van der Waals surface area contributed by atoms with E-state index in [4.69, 9.17) is 0 Å². The fraction of sp³-hybridized carbons (Fsp3) is 0.474. The zero-order valence-electron chi connectivity index (χ0n) is 13.2. The minimum absolute atomic E-state index is 0.0541. The molecule has 0 radical (unpaired) electrons. The van der Waals surface area contributed by atoms with E-state index in [1.54, 1.807) is 0 Å². The first-order chi connectivity index (χ1) is 11.2. The summed E-state index contributed by atoms with van der Waals surface area (Å²) in [5.74, 6) is 2.22. The van der Waals surface area contributed by atoms with Crippen LogP contribution in [-0.2, 0) is 16.1 Å². The van der Waals surface area contributed by atoms with E-state index in [1.807, 2.05) is 24.3 Å². The first-order valence-corrected chi connectivity index (χ1v) is 8.53. The number of imide groups is 1. The van der Waals surface area contributed by atoms with Crippen LogP contribution in [0.3, 0.4) is 0 Å². The summed E-state index contributed by atoms with van der Waals surface area (Å²) < 4.78 is 0. The smallest absolute Gasteiger partial charge is 0.229 e. The Kier molecular flexibility index (Phi) is 3.68. The molecule has 23 heavy (non-hydrogen) atoms. The van der Waals surface area contributed by atoms with Crippen molar-refractivity contribution in [2.24, 2.45) is 17.8 Å². The third-order valence-corrected chi connectivity index (χ3v) is 5.43. The molecule has 1 N–H and O–H groups in total. The Morgan fingerprint density at radius 1 is 1.00 bits per heavy atom. The standard InChI is InChI=1S/C19H22N2O2/c22-18-7-8-19(23)21(18)12-13-2-5-17(6-3-13)20-11-16-10-14-1-4-15(16)9-14/h1-6,14-16,20H,7-12H2/t14-,15-,16-/m0/s1. The van der Waals surface area contributed by atoms with Crippen molar-refractivity contribution in [1.29, 1.82) is 0 Å². The summed E-state index contributed by atoms with van der Waals surface area (Å²) in [6.45, 7) is 1.42. The van der Waals surface area contributed by atoms with E-state index in [0.717, 1.165) is 35.5 Å². The lowest BCUT2D eigenvalue weighted by molar-refractivity contribution is -0.139. The Labute approximate surface area is 136 Å². The summed E-state index contributed by atoms with van der Waals surface area (Å²) in [5, 5.41) is 3.53. The topological polar surface area (TPSA) is 49.4 Å². The Morgan fingerprint density at radius 2 is 1.74 bits per heavy atom. The van der Waals surface area contributed by atoms with Crippen LogP contribution in [0.2, 0.25) is 0 Å². The normalized spacial score (nSPS) is 28.9. The largest absolute Gasteiger partial charge is 0.385 e. The van der Waals surface area contributed by atoms with Crippen molar-refractivity contribution in [2.75, 3.05) is 11.9 Å². The minimum Gasteiger partial charge on any atom is -0.385 e. The average Bonchev–Trinajstić information content (AvgIpc) is 3.26. The Balaban J connectivity index is 1.32. The second-order valence-electron chi connectivity index (χ2n) is 6.99. The molecule has 120 valence electrons. The molecule has 4 nitrogen and oxygen atoms in total. The fourth-order valence-electron chi connectivity index (χ4n) is 4.09. The number of fused-ring (bicyclic) bond motifs is 2. The SMILES string of the molecule is O=C1CCC(=O)N1Cc1ccc(NC[C@@H]2C[C@H]3C=C[C@H]2C3)cc1. The van der Waals surface area contributed by atoms with E-state index in [2.05, 4.69) is 17.5 Å². The summed E-state index contributed by atoms with van der Waals surface area (Å²) in [7, 11) is 0. The van der Waals surface area contributed by atoms with Crippen molar-refractivity contribution in [3.63, 3.8) is 0 Å². The third kappa shape index (κ3) is 2.90. The molecule has 4 heteroatoms. The van der Waals surface area contributed by atoms with Gasteiger partial charge in [0.15, 0.2) is 0 Å². The molecule has 1 aromatic rings. The van der Waals surface area contributed by atoms with Crippen LogP contribution in [0, 0.1) is 17.8 Å². The van der Waals surface area contributed by atoms with Crippen molar-refractivity contribution in [3.05, 3.63) is 42.0 Å². The minimum atomic E-state index is -0.0541. The van der Waals surface area contributed by atoms with E-state index in [0.29, 0.717) is 19.4 Å². The number of carbonyl (C=O) groups excluding carboxylic acids is 2. The maximum Gasteiger partial charge on any atom is 0.229 e. The molecule has 1 heterocycles. The lowest BCUT2D eigenvalue weighted by Crippen LogP contribution is -2.28. The number of hydrogen-bond acceptors (Lipinski definition) is 3. The molecule has 4 rings (SSSR count). The predicted octanol–water partition coefficient (Wildman–Crippen LogP) is 2.96. The Hall–Kier alpha value is -2.10. The van der Waals surface area contributed by atoms with Crippen LogP contribution >= 0.6 is 0 Å². The Morgan fingerprint density at radius 3 is 2.35 bits per heavy atom. The number of carbonyl (C=O) groups is 2. The number of amides is 2. The van der Waals surface area contributed by atoms with Gasteiger partial charge in [-0.3, -0.25) is 14.5 Å². The molecule has 0 aromatic heterocycles. The van der Waals surface area contributed by atoms with E-state index in [9.17, 15) is 9.59 Å². The number of rotatable bonds is 5. The molecule has 2 bridgehead atoms. The van der Waals surface area contributed by atoms with Crippen molar-refractivity contribution in [2.45, 2.75) is 32.2 Å². The first-order valence-electron chi connectivity index (χ1n) is 8.53. The van der Waals surface area contributed by atoms with Gasteiger partial charge in [0.2, 0.25) is 11.8 Å². The second kappa shape index (κ2) is 5.84. The van der Waals surface area contributed by atoms with Crippen molar-refractivity contribution < 1.29 is 9.59 Å². The van der Waals surface area contributed by atoms with Gasteiger partial charge < -0.3 is 5.32 Å². The molecule has 2 aliphatic carbocycles. The zero-order valence-corrected chi connectivity index (χ0v) is 13.2. The zero-order chi connectivity index (χ0) is 15.8. The Bertz CT molecular complexity index is 634. The fourth-order valence-corrected chi connectivity index (χ4v) is 4.09. The maximum atomic E-state index is 11.7. The van der Waals surface area contributed by atoms with Crippen LogP contribution in [0.25, 0.3) is 0 Å². The molecule has 1 aliphatic heterocycles. The number of nitrogens with one attached hydrogen (secondary N) is 1. The second-order valence-corrected chi connectivity index (χ2v) is 6.99. The van der Waals surface area contributed by atoms with Crippen LogP contribution in [-0.4, -0.2) is 23.3 Å². The number of allylic oxidation sites excluding steroid dienone is 2. The summed E-state index contributed by atoms with van der Waals surface area (Å²) in [6.07, 6.45) is 8.12. The van der Waals surface area contributed by atoms with Crippen LogP contribution in [0.5, 0.6) is 0 Å². The van der Waals surface area contributed by atoms with Gasteiger partial charge in [0.1, 0.15) is 0 Å². The molecule has 2 amide bonds. The van der Waals surface area contributed by atoms with E-state index in [-0.39, 0.29) is 11.8 Å². The average molecular weight is 310 g/mol. The third-order valence-electron chi connectivity index (χ3n) is 5.43. The quantitative estimate of drug-likeness (QED) is 0.672. The van der Waals surface area contributed by atoms with Gasteiger partial charge in [-0.2, -0.15) is 0 Å². The molecule has 1 saturated heterocycles. The monoisotopic (exact) mass is 310 g/mol. The maximum absolute atomic E-state index is 11.7.